The predicted octanol–water partition coefficient (Wildman–Crippen LogP) is 4.48. The zero-order valence-corrected chi connectivity index (χ0v) is 14.0. The van der Waals surface area contributed by atoms with E-state index in [9.17, 15) is 0 Å². The van der Waals surface area contributed by atoms with E-state index in [4.69, 9.17) is 9.16 Å². The Hall–Kier alpha value is -0.283. The van der Waals surface area contributed by atoms with Gasteiger partial charge in [0, 0.05) is 5.92 Å². The van der Waals surface area contributed by atoms with Gasteiger partial charge in [0.1, 0.15) is 0 Å². The Kier molecular flexibility index (Phi) is 3.44. The van der Waals surface area contributed by atoms with Crippen LogP contribution >= 0.6 is 0 Å². The molecule has 1 fully saturated rings. The molecular weight excluding hydrogens is 240 g/mol. The summed E-state index contributed by atoms with van der Waals surface area (Å²) in [5.41, 5.74) is 1.35. The SMILES string of the molecule is CC1=C(O[Si](C)(C)C(C)(C)C)[C@@H](C)[C@H]2CC[C@@H]1O2. The van der Waals surface area contributed by atoms with E-state index in [1.54, 1.807) is 0 Å². The lowest BCUT2D eigenvalue weighted by atomic mass is 9.98. The standard InChI is InChI=1S/C15H28O2Si/c1-10-12-8-9-13(16-12)11(2)14(10)17-18(6,7)15(3,4)5/h10,12-13H,8-9H2,1-7H3/t10-,12+,13-/m0/s1. The average molecular weight is 268 g/mol. The lowest BCUT2D eigenvalue weighted by Gasteiger charge is -2.41. The number of ether oxygens (including phenoxy) is 1. The van der Waals surface area contributed by atoms with Crippen molar-refractivity contribution in [3.05, 3.63) is 11.3 Å². The quantitative estimate of drug-likeness (QED) is 0.687. The zero-order valence-electron chi connectivity index (χ0n) is 13.0. The van der Waals surface area contributed by atoms with Gasteiger partial charge in [0.05, 0.1) is 18.0 Å². The molecule has 0 radical (unpaired) electrons. The van der Waals surface area contributed by atoms with Gasteiger partial charge < -0.3 is 9.16 Å². The molecule has 0 unspecified atom stereocenters. The normalized spacial score (nSPS) is 32.9. The first-order valence-electron chi connectivity index (χ1n) is 7.18. The highest BCUT2D eigenvalue weighted by molar-refractivity contribution is 6.74. The van der Waals surface area contributed by atoms with Crippen molar-refractivity contribution in [1.29, 1.82) is 0 Å². The van der Waals surface area contributed by atoms with Gasteiger partial charge in [0.2, 0.25) is 8.32 Å². The van der Waals surface area contributed by atoms with E-state index in [2.05, 4.69) is 47.7 Å². The van der Waals surface area contributed by atoms with Crippen LogP contribution in [0.15, 0.2) is 11.3 Å². The number of hydrogen-bond donors (Lipinski definition) is 0. The Morgan fingerprint density at radius 2 is 1.83 bits per heavy atom. The molecule has 2 heterocycles. The molecule has 0 N–H and O–H groups in total. The van der Waals surface area contributed by atoms with Crippen LogP contribution in [-0.2, 0) is 9.16 Å². The second-order valence-corrected chi connectivity index (χ2v) is 12.2. The lowest BCUT2D eigenvalue weighted by molar-refractivity contribution is 0.00989. The molecule has 0 spiro atoms. The van der Waals surface area contributed by atoms with Gasteiger partial charge in [-0.3, -0.25) is 0 Å². The minimum atomic E-state index is -1.72. The van der Waals surface area contributed by atoms with E-state index in [1.165, 1.54) is 24.2 Å². The molecule has 2 aliphatic rings. The maximum absolute atomic E-state index is 6.59. The summed E-state index contributed by atoms with van der Waals surface area (Å²) in [6.07, 6.45) is 3.07. The van der Waals surface area contributed by atoms with Gasteiger partial charge in [-0.15, -0.1) is 0 Å². The second kappa shape index (κ2) is 4.38. The fourth-order valence-electron chi connectivity index (χ4n) is 2.64. The molecule has 0 aromatic heterocycles. The Labute approximate surface area is 113 Å². The highest BCUT2D eigenvalue weighted by Gasteiger charge is 2.45. The third-order valence-corrected chi connectivity index (χ3v) is 9.41. The maximum Gasteiger partial charge on any atom is 0.250 e. The summed E-state index contributed by atoms with van der Waals surface area (Å²) in [6.45, 7) is 16.0. The van der Waals surface area contributed by atoms with Crippen LogP contribution in [0.2, 0.25) is 18.1 Å². The Balaban J connectivity index is 2.25. The third-order valence-electron chi connectivity index (χ3n) is 5.07. The van der Waals surface area contributed by atoms with Crippen LogP contribution in [0, 0.1) is 5.92 Å². The first-order chi connectivity index (χ1) is 8.13. The van der Waals surface area contributed by atoms with Gasteiger partial charge in [-0.25, -0.2) is 0 Å². The van der Waals surface area contributed by atoms with Gasteiger partial charge in [-0.05, 0) is 43.5 Å². The molecule has 0 amide bonds. The van der Waals surface area contributed by atoms with Gasteiger partial charge in [0.15, 0.2) is 0 Å². The smallest absolute Gasteiger partial charge is 0.250 e. The molecule has 2 bridgehead atoms. The third kappa shape index (κ3) is 2.27. The average Bonchev–Trinajstić information content (AvgIpc) is 2.67. The highest BCUT2D eigenvalue weighted by atomic mass is 28.4. The van der Waals surface area contributed by atoms with Crippen LogP contribution in [0.5, 0.6) is 0 Å². The number of hydrogen-bond acceptors (Lipinski definition) is 2. The molecule has 0 aromatic rings. The van der Waals surface area contributed by atoms with Crippen LogP contribution in [0.4, 0.5) is 0 Å². The van der Waals surface area contributed by atoms with Crippen molar-refractivity contribution in [1.82, 2.24) is 0 Å². The van der Waals surface area contributed by atoms with E-state index >= 15 is 0 Å². The molecule has 104 valence electrons. The molecule has 0 aliphatic carbocycles. The number of rotatable bonds is 2. The van der Waals surface area contributed by atoms with Crippen molar-refractivity contribution in [2.24, 2.45) is 5.92 Å². The lowest BCUT2D eigenvalue weighted by Crippen LogP contribution is -2.43. The summed E-state index contributed by atoms with van der Waals surface area (Å²) in [5.74, 6) is 1.68. The highest BCUT2D eigenvalue weighted by Crippen LogP contribution is 2.45. The van der Waals surface area contributed by atoms with Crippen molar-refractivity contribution >= 4 is 8.32 Å². The van der Waals surface area contributed by atoms with Crippen molar-refractivity contribution < 1.29 is 9.16 Å². The molecule has 3 heteroatoms. The van der Waals surface area contributed by atoms with Crippen LogP contribution in [0.3, 0.4) is 0 Å². The van der Waals surface area contributed by atoms with E-state index in [1.807, 2.05) is 0 Å². The molecule has 0 saturated carbocycles. The summed E-state index contributed by atoms with van der Waals surface area (Å²) in [5, 5.41) is 0.261. The molecule has 2 aliphatic heterocycles. The summed E-state index contributed by atoms with van der Waals surface area (Å²) < 4.78 is 12.6. The van der Waals surface area contributed by atoms with Gasteiger partial charge >= 0.3 is 0 Å². The Morgan fingerprint density at radius 3 is 2.39 bits per heavy atom. The van der Waals surface area contributed by atoms with Crippen LogP contribution < -0.4 is 0 Å². The van der Waals surface area contributed by atoms with Crippen LogP contribution in [-0.4, -0.2) is 20.5 Å². The van der Waals surface area contributed by atoms with Crippen molar-refractivity contribution in [3.8, 4) is 0 Å². The largest absolute Gasteiger partial charge is 0.546 e. The van der Waals surface area contributed by atoms with E-state index in [0.717, 1.165) is 0 Å². The Morgan fingerprint density at radius 1 is 1.22 bits per heavy atom. The summed E-state index contributed by atoms with van der Waals surface area (Å²) >= 11 is 0. The summed E-state index contributed by atoms with van der Waals surface area (Å²) in [7, 11) is -1.72. The Bertz CT molecular complexity index is 365. The molecular formula is C15H28O2Si. The predicted molar refractivity (Wildman–Crippen MR) is 78.0 cm³/mol. The van der Waals surface area contributed by atoms with E-state index < -0.39 is 8.32 Å². The fraction of sp³-hybridized carbons (Fsp3) is 0.867. The molecule has 2 rings (SSSR count). The first-order valence-corrected chi connectivity index (χ1v) is 10.1. The monoisotopic (exact) mass is 268 g/mol. The van der Waals surface area contributed by atoms with E-state index in [0.29, 0.717) is 18.1 Å². The molecule has 1 saturated heterocycles. The van der Waals surface area contributed by atoms with Crippen molar-refractivity contribution in [2.45, 2.75) is 77.8 Å². The summed E-state index contributed by atoms with van der Waals surface area (Å²) in [4.78, 5) is 0. The van der Waals surface area contributed by atoms with Crippen LogP contribution in [0.1, 0.15) is 47.5 Å². The molecule has 18 heavy (non-hydrogen) atoms. The van der Waals surface area contributed by atoms with Gasteiger partial charge in [0.25, 0.3) is 0 Å². The van der Waals surface area contributed by atoms with Crippen LogP contribution in [0.25, 0.3) is 0 Å². The molecule has 3 atom stereocenters. The van der Waals surface area contributed by atoms with Crippen molar-refractivity contribution in [2.75, 3.05) is 0 Å². The summed E-state index contributed by atoms with van der Waals surface area (Å²) in [6, 6.07) is 0. The van der Waals surface area contributed by atoms with Gasteiger partial charge in [-0.2, -0.15) is 0 Å². The number of fused-ring (bicyclic) bond motifs is 2. The van der Waals surface area contributed by atoms with E-state index in [-0.39, 0.29) is 5.04 Å². The minimum absolute atomic E-state index is 0.261. The fourth-order valence-corrected chi connectivity index (χ4v) is 3.84. The first kappa shape index (κ1) is 14.1. The van der Waals surface area contributed by atoms with Gasteiger partial charge in [-0.1, -0.05) is 27.7 Å². The van der Waals surface area contributed by atoms with Crippen molar-refractivity contribution in [3.63, 3.8) is 0 Å². The second-order valence-electron chi connectivity index (χ2n) is 7.44. The maximum atomic E-state index is 6.59. The topological polar surface area (TPSA) is 18.5 Å². The minimum Gasteiger partial charge on any atom is -0.546 e. The molecule has 0 aromatic carbocycles. The molecule has 2 nitrogen and oxygen atoms in total. The zero-order chi connectivity index (χ0) is 13.7.